The maximum Gasteiger partial charge on any atom is 0.156 e. The largest absolute Gasteiger partial charge is 0.295 e. The molecular weight excluding hydrogens is 196 g/mol. The number of carbonyl (C=O) groups excluding carboxylic acids is 1. The summed E-state index contributed by atoms with van der Waals surface area (Å²) in [5.41, 5.74) is 3.86. The quantitative estimate of drug-likeness (QED) is 0.609. The van der Waals surface area contributed by atoms with Crippen molar-refractivity contribution in [2.75, 3.05) is 0 Å². The van der Waals surface area contributed by atoms with Crippen LogP contribution in [0.25, 0.3) is 0 Å². The van der Waals surface area contributed by atoms with Crippen molar-refractivity contribution in [3.05, 3.63) is 35.5 Å². The van der Waals surface area contributed by atoms with Crippen LogP contribution in [0.1, 0.15) is 40.0 Å². The van der Waals surface area contributed by atoms with Crippen LogP contribution in [0.3, 0.4) is 0 Å². The molecule has 2 rings (SSSR count). The molecule has 0 radical (unpaired) electrons. The summed E-state index contributed by atoms with van der Waals surface area (Å²) in [6, 6.07) is 0. The lowest BCUT2D eigenvalue weighted by Gasteiger charge is -2.40. The second-order valence-corrected chi connectivity index (χ2v) is 5.60. The fourth-order valence-corrected chi connectivity index (χ4v) is 3.03. The lowest BCUT2D eigenvalue weighted by molar-refractivity contribution is -0.116. The third kappa shape index (κ3) is 1.79. The maximum absolute atomic E-state index is 11.6. The predicted molar refractivity (Wildman–Crippen MR) is 67.1 cm³/mol. The molecule has 2 aliphatic carbocycles. The second-order valence-electron chi connectivity index (χ2n) is 5.60. The van der Waals surface area contributed by atoms with Crippen molar-refractivity contribution in [2.24, 2.45) is 11.3 Å². The van der Waals surface area contributed by atoms with E-state index in [4.69, 9.17) is 0 Å². The first kappa shape index (κ1) is 11.4. The summed E-state index contributed by atoms with van der Waals surface area (Å²) in [5.74, 6) is 0.783. The molecule has 0 N–H and O–H groups in total. The molecule has 1 heteroatoms. The van der Waals surface area contributed by atoms with Gasteiger partial charge in [-0.1, -0.05) is 25.2 Å². The van der Waals surface area contributed by atoms with Crippen molar-refractivity contribution in [1.82, 2.24) is 0 Å². The van der Waals surface area contributed by atoms with Gasteiger partial charge in [-0.2, -0.15) is 0 Å². The summed E-state index contributed by atoms with van der Waals surface area (Å²) >= 11 is 0. The Morgan fingerprint density at radius 2 is 2.25 bits per heavy atom. The molecular formula is C15H20O. The van der Waals surface area contributed by atoms with Gasteiger partial charge in [0.1, 0.15) is 0 Å². The molecule has 16 heavy (non-hydrogen) atoms. The zero-order valence-corrected chi connectivity index (χ0v) is 10.5. The van der Waals surface area contributed by atoms with Crippen LogP contribution in [0.5, 0.6) is 0 Å². The van der Waals surface area contributed by atoms with Gasteiger partial charge in [0, 0.05) is 6.42 Å². The van der Waals surface area contributed by atoms with Gasteiger partial charge in [-0.15, -0.1) is 0 Å². The molecule has 2 unspecified atom stereocenters. The highest BCUT2D eigenvalue weighted by atomic mass is 16.1. The molecule has 0 heterocycles. The summed E-state index contributed by atoms with van der Waals surface area (Å²) in [5, 5.41) is 0. The lowest BCUT2D eigenvalue weighted by Crippen LogP contribution is -2.31. The normalized spacial score (nSPS) is 33.9. The highest BCUT2D eigenvalue weighted by Gasteiger charge is 2.38. The lowest BCUT2D eigenvalue weighted by atomic mass is 9.63. The summed E-state index contributed by atoms with van der Waals surface area (Å²) in [7, 11) is 0. The highest BCUT2D eigenvalue weighted by Crippen LogP contribution is 2.48. The van der Waals surface area contributed by atoms with E-state index in [2.05, 4.69) is 33.4 Å². The molecule has 86 valence electrons. The molecule has 0 fully saturated rings. The van der Waals surface area contributed by atoms with E-state index in [9.17, 15) is 4.79 Å². The smallest absolute Gasteiger partial charge is 0.156 e. The summed E-state index contributed by atoms with van der Waals surface area (Å²) in [6.07, 6.45) is 7.06. The third-order valence-corrected chi connectivity index (χ3v) is 4.02. The fourth-order valence-electron chi connectivity index (χ4n) is 3.03. The van der Waals surface area contributed by atoms with Crippen molar-refractivity contribution in [3.8, 4) is 0 Å². The SMILES string of the molecule is C=C(C)C1C=C2C(C)=CC(=O)CC2(C)CC1. The van der Waals surface area contributed by atoms with Gasteiger partial charge >= 0.3 is 0 Å². The first-order valence-corrected chi connectivity index (χ1v) is 6.01. The molecule has 1 nitrogen and oxygen atoms in total. The van der Waals surface area contributed by atoms with E-state index in [-0.39, 0.29) is 11.2 Å². The Bertz CT molecular complexity index is 411. The minimum Gasteiger partial charge on any atom is -0.295 e. The summed E-state index contributed by atoms with van der Waals surface area (Å²) < 4.78 is 0. The van der Waals surface area contributed by atoms with Crippen molar-refractivity contribution in [2.45, 2.75) is 40.0 Å². The molecule has 2 atom stereocenters. The summed E-state index contributed by atoms with van der Waals surface area (Å²) in [6.45, 7) is 10.4. The zero-order valence-electron chi connectivity index (χ0n) is 10.5. The Kier molecular flexibility index (Phi) is 2.65. The van der Waals surface area contributed by atoms with E-state index in [1.165, 1.54) is 11.1 Å². The van der Waals surface area contributed by atoms with Crippen LogP contribution in [-0.2, 0) is 4.79 Å². The number of hydrogen-bond donors (Lipinski definition) is 0. The first-order chi connectivity index (χ1) is 7.42. The Labute approximate surface area is 97.9 Å². The zero-order chi connectivity index (χ0) is 11.9. The minimum atomic E-state index is 0.0852. The monoisotopic (exact) mass is 216 g/mol. The average Bonchev–Trinajstić information content (AvgIpc) is 2.15. The molecule has 0 saturated carbocycles. The van der Waals surface area contributed by atoms with Crippen LogP contribution in [0, 0.1) is 11.3 Å². The van der Waals surface area contributed by atoms with Crippen LogP contribution in [-0.4, -0.2) is 5.78 Å². The van der Waals surface area contributed by atoms with Gasteiger partial charge in [0.2, 0.25) is 0 Å². The van der Waals surface area contributed by atoms with Crippen molar-refractivity contribution >= 4 is 5.78 Å². The van der Waals surface area contributed by atoms with Crippen LogP contribution >= 0.6 is 0 Å². The number of rotatable bonds is 1. The van der Waals surface area contributed by atoms with E-state index in [1.807, 2.05) is 0 Å². The van der Waals surface area contributed by atoms with E-state index in [0.29, 0.717) is 12.3 Å². The Balaban J connectivity index is 2.44. The maximum atomic E-state index is 11.6. The van der Waals surface area contributed by atoms with Crippen LogP contribution in [0.4, 0.5) is 0 Å². The molecule has 2 aliphatic rings. The highest BCUT2D eigenvalue weighted by molar-refractivity contribution is 5.93. The van der Waals surface area contributed by atoms with Crippen LogP contribution in [0.2, 0.25) is 0 Å². The summed E-state index contributed by atoms with van der Waals surface area (Å²) in [4.78, 5) is 11.6. The standard InChI is InChI=1S/C15H20O/c1-10(2)12-5-6-15(4)9-13(16)7-11(3)14(15)8-12/h7-8,12H,1,5-6,9H2,2-4H3. The number of ketones is 1. The molecule has 0 aromatic carbocycles. The molecule has 0 saturated heterocycles. The van der Waals surface area contributed by atoms with Gasteiger partial charge in [0.25, 0.3) is 0 Å². The second kappa shape index (κ2) is 3.73. The Morgan fingerprint density at radius 3 is 2.88 bits per heavy atom. The number of hydrogen-bond acceptors (Lipinski definition) is 1. The van der Waals surface area contributed by atoms with Crippen molar-refractivity contribution < 1.29 is 4.79 Å². The van der Waals surface area contributed by atoms with Crippen LogP contribution < -0.4 is 0 Å². The van der Waals surface area contributed by atoms with Gasteiger partial charge in [-0.25, -0.2) is 0 Å². The number of allylic oxidation sites excluding steroid dienone is 5. The average molecular weight is 216 g/mol. The third-order valence-electron chi connectivity index (χ3n) is 4.02. The van der Waals surface area contributed by atoms with E-state index >= 15 is 0 Å². The van der Waals surface area contributed by atoms with E-state index in [0.717, 1.165) is 18.4 Å². The topological polar surface area (TPSA) is 17.1 Å². The van der Waals surface area contributed by atoms with Crippen LogP contribution in [0.15, 0.2) is 35.5 Å². The van der Waals surface area contributed by atoms with Gasteiger partial charge in [-0.05, 0) is 55.2 Å². The number of fused-ring (bicyclic) bond motifs is 1. The molecule has 0 amide bonds. The van der Waals surface area contributed by atoms with Gasteiger partial charge in [0.05, 0.1) is 0 Å². The molecule has 0 bridgehead atoms. The van der Waals surface area contributed by atoms with Crippen molar-refractivity contribution in [1.29, 1.82) is 0 Å². The number of carbonyl (C=O) groups is 1. The van der Waals surface area contributed by atoms with Gasteiger partial charge < -0.3 is 0 Å². The minimum absolute atomic E-state index is 0.0852. The first-order valence-electron chi connectivity index (χ1n) is 6.01. The van der Waals surface area contributed by atoms with Crippen molar-refractivity contribution in [3.63, 3.8) is 0 Å². The molecule has 0 aromatic rings. The molecule has 0 spiro atoms. The van der Waals surface area contributed by atoms with E-state index in [1.54, 1.807) is 6.08 Å². The van der Waals surface area contributed by atoms with E-state index < -0.39 is 0 Å². The van der Waals surface area contributed by atoms with Gasteiger partial charge in [0.15, 0.2) is 5.78 Å². The fraction of sp³-hybridized carbons (Fsp3) is 0.533. The molecule has 0 aliphatic heterocycles. The van der Waals surface area contributed by atoms with Gasteiger partial charge in [-0.3, -0.25) is 4.79 Å². The Morgan fingerprint density at radius 1 is 1.56 bits per heavy atom. The molecule has 0 aromatic heterocycles. The Hall–Kier alpha value is -1.11. The predicted octanol–water partition coefficient (Wildman–Crippen LogP) is 3.82.